The van der Waals surface area contributed by atoms with Crippen LogP contribution in [0.5, 0.6) is 0 Å². The Kier molecular flexibility index (Phi) is 8.17. The van der Waals surface area contributed by atoms with Gasteiger partial charge in [0.1, 0.15) is 6.04 Å². The monoisotopic (exact) mass is 382 g/mol. The van der Waals surface area contributed by atoms with Gasteiger partial charge in [0.2, 0.25) is 17.7 Å². The average molecular weight is 382 g/mol. The van der Waals surface area contributed by atoms with Crippen LogP contribution in [0.4, 0.5) is 0 Å². The SMILES string of the molecule is NC(=O)C[C@H](N)C(=O)N[C@@H](Cc1ccccc1)C(=O)NCCc1ccccc1. The first-order chi connectivity index (χ1) is 13.5. The first kappa shape index (κ1) is 21.1. The molecule has 0 saturated carbocycles. The molecule has 148 valence electrons. The van der Waals surface area contributed by atoms with Crippen molar-refractivity contribution in [2.75, 3.05) is 6.54 Å². The highest BCUT2D eigenvalue weighted by Crippen LogP contribution is 2.05. The second-order valence-corrected chi connectivity index (χ2v) is 6.55. The third kappa shape index (κ3) is 7.20. The van der Waals surface area contributed by atoms with Crippen LogP contribution in [-0.2, 0) is 27.2 Å². The Morgan fingerprint density at radius 1 is 0.857 bits per heavy atom. The van der Waals surface area contributed by atoms with Crippen molar-refractivity contribution in [2.24, 2.45) is 11.5 Å². The van der Waals surface area contributed by atoms with E-state index in [9.17, 15) is 14.4 Å². The molecule has 0 spiro atoms. The summed E-state index contributed by atoms with van der Waals surface area (Å²) in [5, 5.41) is 5.49. The Bertz CT molecular complexity index is 781. The van der Waals surface area contributed by atoms with Gasteiger partial charge in [-0.15, -0.1) is 0 Å². The number of carbonyl (C=O) groups excluding carboxylic acids is 3. The second-order valence-electron chi connectivity index (χ2n) is 6.55. The van der Waals surface area contributed by atoms with E-state index in [0.29, 0.717) is 19.4 Å². The van der Waals surface area contributed by atoms with Crippen LogP contribution < -0.4 is 22.1 Å². The van der Waals surface area contributed by atoms with Gasteiger partial charge in [-0.05, 0) is 17.5 Å². The molecule has 0 aliphatic rings. The van der Waals surface area contributed by atoms with Gasteiger partial charge in [0.25, 0.3) is 0 Å². The lowest BCUT2D eigenvalue weighted by Gasteiger charge is -2.20. The summed E-state index contributed by atoms with van der Waals surface area (Å²) in [4.78, 5) is 35.9. The second kappa shape index (κ2) is 10.8. The lowest BCUT2D eigenvalue weighted by molar-refractivity contribution is -0.130. The third-order valence-corrected chi connectivity index (χ3v) is 4.23. The number of hydrogen-bond donors (Lipinski definition) is 4. The van der Waals surface area contributed by atoms with E-state index in [0.717, 1.165) is 11.1 Å². The number of nitrogens with one attached hydrogen (secondary N) is 2. The number of amides is 3. The van der Waals surface area contributed by atoms with Crippen molar-refractivity contribution in [3.8, 4) is 0 Å². The van der Waals surface area contributed by atoms with Crippen LogP contribution in [0.2, 0.25) is 0 Å². The van der Waals surface area contributed by atoms with E-state index < -0.39 is 23.9 Å². The summed E-state index contributed by atoms with van der Waals surface area (Å²) >= 11 is 0. The van der Waals surface area contributed by atoms with Crippen LogP contribution in [0, 0.1) is 0 Å². The van der Waals surface area contributed by atoms with Gasteiger partial charge in [0, 0.05) is 13.0 Å². The van der Waals surface area contributed by atoms with Crippen molar-refractivity contribution in [2.45, 2.75) is 31.3 Å². The van der Waals surface area contributed by atoms with Gasteiger partial charge in [-0.2, -0.15) is 0 Å². The van der Waals surface area contributed by atoms with Gasteiger partial charge in [0.15, 0.2) is 0 Å². The Hall–Kier alpha value is -3.19. The van der Waals surface area contributed by atoms with Crippen LogP contribution in [-0.4, -0.2) is 36.3 Å². The van der Waals surface area contributed by atoms with E-state index in [2.05, 4.69) is 10.6 Å². The molecule has 2 aromatic carbocycles. The van der Waals surface area contributed by atoms with E-state index in [1.807, 2.05) is 60.7 Å². The maximum absolute atomic E-state index is 12.7. The van der Waals surface area contributed by atoms with E-state index in [4.69, 9.17) is 11.5 Å². The smallest absolute Gasteiger partial charge is 0.242 e. The van der Waals surface area contributed by atoms with Crippen LogP contribution in [0.3, 0.4) is 0 Å². The van der Waals surface area contributed by atoms with Gasteiger partial charge in [-0.3, -0.25) is 14.4 Å². The van der Waals surface area contributed by atoms with Gasteiger partial charge in [-0.1, -0.05) is 60.7 Å². The van der Waals surface area contributed by atoms with Crippen LogP contribution >= 0.6 is 0 Å². The summed E-state index contributed by atoms with van der Waals surface area (Å²) in [5.41, 5.74) is 12.8. The Morgan fingerprint density at radius 3 is 2.00 bits per heavy atom. The molecule has 0 unspecified atom stereocenters. The summed E-state index contributed by atoms with van der Waals surface area (Å²) in [6.07, 6.45) is 0.715. The van der Waals surface area contributed by atoms with Crippen molar-refractivity contribution < 1.29 is 14.4 Å². The fraction of sp³-hybridized carbons (Fsp3) is 0.286. The molecule has 2 aromatic rings. The highest BCUT2D eigenvalue weighted by molar-refractivity contribution is 5.92. The molecule has 0 aliphatic carbocycles. The van der Waals surface area contributed by atoms with Crippen LogP contribution in [0.25, 0.3) is 0 Å². The number of nitrogens with two attached hydrogens (primary N) is 2. The van der Waals surface area contributed by atoms with E-state index >= 15 is 0 Å². The van der Waals surface area contributed by atoms with Crippen molar-refractivity contribution in [1.82, 2.24) is 10.6 Å². The van der Waals surface area contributed by atoms with Crippen LogP contribution in [0.1, 0.15) is 17.5 Å². The summed E-state index contributed by atoms with van der Waals surface area (Å²) in [5.74, 6) is -1.56. The molecule has 0 heterocycles. The Balaban J connectivity index is 1.98. The molecule has 0 radical (unpaired) electrons. The van der Waals surface area contributed by atoms with Crippen molar-refractivity contribution >= 4 is 17.7 Å². The zero-order chi connectivity index (χ0) is 20.4. The molecule has 7 heteroatoms. The third-order valence-electron chi connectivity index (χ3n) is 4.23. The van der Waals surface area contributed by atoms with Crippen molar-refractivity contribution in [3.63, 3.8) is 0 Å². The molecule has 0 fully saturated rings. The molecule has 3 amide bonds. The molecule has 6 N–H and O–H groups in total. The normalized spacial score (nSPS) is 12.6. The zero-order valence-electron chi connectivity index (χ0n) is 15.6. The summed E-state index contributed by atoms with van der Waals surface area (Å²) in [7, 11) is 0. The lowest BCUT2D eigenvalue weighted by atomic mass is 10.0. The van der Waals surface area contributed by atoms with E-state index in [1.165, 1.54) is 0 Å². The van der Waals surface area contributed by atoms with E-state index in [-0.39, 0.29) is 12.3 Å². The molecule has 2 atom stereocenters. The molecule has 0 bridgehead atoms. The fourth-order valence-corrected chi connectivity index (χ4v) is 2.75. The minimum absolute atomic E-state index is 0.278. The maximum Gasteiger partial charge on any atom is 0.242 e. The molecule has 7 nitrogen and oxygen atoms in total. The summed E-state index contributed by atoms with van der Waals surface area (Å²) in [6.45, 7) is 0.442. The summed E-state index contributed by atoms with van der Waals surface area (Å²) in [6, 6.07) is 17.2. The van der Waals surface area contributed by atoms with E-state index in [1.54, 1.807) is 0 Å². The predicted molar refractivity (Wildman–Crippen MR) is 107 cm³/mol. The average Bonchev–Trinajstić information content (AvgIpc) is 2.68. The van der Waals surface area contributed by atoms with Crippen LogP contribution in [0.15, 0.2) is 60.7 Å². The molecule has 0 aromatic heterocycles. The zero-order valence-corrected chi connectivity index (χ0v) is 15.6. The van der Waals surface area contributed by atoms with Gasteiger partial charge < -0.3 is 22.1 Å². The van der Waals surface area contributed by atoms with Gasteiger partial charge in [-0.25, -0.2) is 0 Å². The largest absolute Gasteiger partial charge is 0.370 e. The standard InChI is InChI=1S/C21H26N4O3/c22-17(14-19(23)26)20(27)25-18(13-16-9-5-2-6-10-16)21(28)24-12-11-15-7-3-1-4-8-15/h1-10,17-18H,11-14,22H2,(H2,23,26)(H,24,28)(H,25,27)/t17-,18-/m0/s1. The molecule has 0 saturated heterocycles. The van der Waals surface area contributed by atoms with Crippen molar-refractivity contribution in [1.29, 1.82) is 0 Å². The topological polar surface area (TPSA) is 127 Å². The molecule has 28 heavy (non-hydrogen) atoms. The fourth-order valence-electron chi connectivity index (χ4n) is 2.75. The minimum Gasteiger partial charge on any atom is -0.370 e. The quantitative estimate of drug-likeness (QED) is 0.470. The van der Waals surface area contributed by atoms with Gasteiger partial charge in [0.05, 0.1) is 12.5 Å². The first-order valence-electron chi connectivity index (χ1n) is 9.15. The molecule has 0 aliphatic heterocycles. The Labute approximate surface area is 164 Å². The molecular formula is C21H26N4O3. The molecule has 2 rings (SSSR count). The minimum atomic E-state index is -1.09. The first-order valence-corrected chi connectivity index (χ1v) is 9.15. The summed E-state index contributed by atoms with van der Waals surface area (Å²) < 4.78 is 0. The highest BCUT2D eigenvalue weighted by atomic mass is 16.2. The maximum atomic E-state index is 12.7. The number of primary amides is 1. The number of benzene rings is 2. The number of carbonyl (C=O) groups is 3. The highest BCUT2D eigenvalue weighted by Gasteiger charge is 2.24. The number of rotatable bonds is 10. The van der Waals surface area contributed by atoms with Crippen molar-refractivity contribution in [3.05, 3.63) is 71.8 Å². The van der Waals surface area contributed by atoms with Gasteiger partial charge >= 0.3 is 0 Å². The predicted octanol–water partition coefficient (Wildman–Crippen LogP) is 0.276. The lowest BCUT2D eigenvalue weighted by Crippen LogP contribution is -2.53. The molecular weight excluding hydrogens is 356 g/mol. The Morgan fingerprint density at radius 2 is 1.43 bits per heavy atom. The number of hydrogen-bond acceptors (Lipinski definition) is 4.